The van der Waals surface area contributed by atoms with Crippen LogP contribution in [0.2, 0.25) is 0 Å². The number of thioether (sulfide) groups is 1. The van der Waals surface area contributed by atoms with E-state index in [0.717, 1.165) is 54.5 Å². The molecule has 1 amide bonds. The number of carbonyl (C=O) groups excluding carboxylic acids is 1. The van der Waals surface area contributed by atoms with E-state index < -0.39 is 0 Å². The molecule has 160 valence electrons. The average molecular weight is 443 g/mol. The fourth-order valence-corrected chi connectivity index (χ4v) is 5.71. The normalized spacial score (nSPS) is 24.3. The third-order valence-electron chi connectivity index (χ3n) is 5.97. The van der Waals surface area contributed by atoms with Crippen molar-refractivity contribution in [1.82, 2.24) is 9.80 Å². The molecule has 1 fully saturated rings. The number of likely N-dealkylation sites (N-methyl/N-ethyl adjacent to an activating group) is 1. The molecule has 5 nitrogen and oxygen atoms in total. The van der Waals surface area contributed by atoms with Crippen molar-refractivity contribution in [2.24, 2.45) is 10.7 Å². The monoisotopic (exact) mass is 442 g/mol. The molecule has 0 unspecified atom stereocenters. The van der Waals surface area contributed by atoms with Crippen LogP contribution in [0.15, 0.2) is 50.0 Å². The van der Waals surface area contributed by atoms with Gasteiger partial charge in [-0.2, -0.15) is 0 Å². The largest absolute Gasteiger partial charge is 0.397 e. The third-order valence-corrected chi connectivity index (χ3v) is 7.90. The number of piperazine rings is 1. The summed E-state index contributed by atoms with van der Waals surface area (Å²) < 4.78 is 0. The Labute approximate surface area is 187 Å². The molecule has 1 aliphatic carbocycles. The van der Waals surface area contributed by atoms with Crippen LogP contribution in [-0.4, -0.2) is 54.0 Å². The van der Waals surface area contributed by atoms with Crippen LogP contribution in [0, 0.1) is 0 Å². The molecule has 3 heterocycles. The quantitative estimate of drug-likeness (QED) is 0.751. The van der Waals surface area contributed by atoms with Gasteiger partial charge in [-0.3, -0.25) is 4.79 Å². The van der Waals surface area contributed by atoms with E-state index in [1.807, 2.05) is 11.0 Å². The minimum Gasteiger partial charge on any atom is -0.397 e. The maximum absolute atomic E-state index is 13.3. The summed E-state index contributed by atoms with van der Waals surface area (Å²) in [6.07, 6.45) is 7.86. The predicted octanol–water partition coefficient (Wildman–Crippen LogP) is 4.46. The topological polar surface area (TPSA) is 61.9 Å². The van der Waals surface area contributed by atoms with Crippen molar-refractivity contribution in [3.05, 3.63) is 49.8 Å². The summed E-state index contributed by atoms with van der Waals surface area (Å²) in [7, 11) is 2.09. The fourth-order valence-electron chi connectivity index (χ4n) is 3.99. The van der Waals surface area contributed by atoms with Crippen molar-refractivity contribution in [2.45, 2.75) is 39.0 Å². The Bertz CT molecular complexity index is 919. The Kier molecular flexibility index (Phi) is 6.80. The van der Waals surface area contributed by atoms with Crippen LogP contribution < -0.4 is 5.73 Å². The molecule has 0 atom stereocenters. The van der Waals surface area contributed by atoms with Crippen LogP contribution >= 0.6 is 23.1 Å². The van der Waals surface area contributed by atoms with Crippen LogP contribution in [0.5, 0.6) is 0 Å². The first-order valence-electron chi connectivity index (χ1n) is 10.7. The molecular formula is C23H30N4OS2. The summed E-state index contributed by atoms with van der Waals surface area (Å²) in [4.78, 5) is 24.3. The molecule has 0 spiro atoms. The Balaban J connectivity index is 1.67. The van der Waals surface area contributed by atoms with Gasteiger partial charge in [0.15, 0.2) is 0 Å². The first kappa shape index (κ1) is 21.4. The minimum absolute atomic E-state index is 0.0412. The second-order valence-electron chi connectivity index (χ2n) is 8.22. The standard InChI is InChI=1S/C23H30N4OS2/c1-16-7-4-3-5-9-19(16)25-22-18(15-17-8-6-14-29-17)20(24)21(30-22)23(28)27-12-10-26(2)11-13-27/h6,8,14-15H,3-5,7,9-13,24H2,1-2H3/b18-15+,25-22?. The van der Waals surface area contributed by atoms with Crippen molar-refractivity contribution in [2.75, 3.05) is 33.2 Å². The smallest absolute Gasteiger partial charge is 0.262 e. The van der Waals surface area contributed by atoms with Crippen molar-refractivity contribution < 1.29 is 4.79 Å². The summed E-state index contributed by atoms with van der Waals surface area (Å²) in [6.45, 7) is 5.48. The highest BCUT2D eigenvalue weighted by molar-refractivity contribution is 8.19. The Morgan fingerprint density at radius 3 is 2.67 bits per heavy atom. The zero-order chi connectivity index (χ0) is 21.1. The number of hydrogen-bond acceptors (Lipinski definition) is 6. The molecule has 4 rings (SSSR count). The zero-order valence-electron chi connectivity index (χ0n) is 17.8. The number of allylic oxidation sites excluding steroid dienone is 3. The van der Waals surface area contributed by atoms with Gasteiger partial charge in [0.1, 0.15) is 9.95 Å². The molecule has 7 heteroatoms. The van der Waals surface area contributed by atoms with E-state index in [9.17, 15) is 4.79 Å². The summed E-state index contributed by atoms with van der Waals surface area (Å²) in [5.41, 5.74) is 10.6. The SMILES string of the molecule is CC1=C(N=C2SC(C(=O)N3CCN(C)CC3)=C(N)/C2=C\c2cccs2)CCCCC1. The number of rotatable bonds is 3. The summed E-state index contributed by atoms with van der Waals surface area (Å²) >= 11 is 3.13. The van der Waals surface area contributed by atoms with E-state index in [0.29, 0.717) is 10.6 Å². The van der Waals surface area contributed by atoms with E-state index in [1.54, 1.807) is 11.3 Å². The van der Waals surface area contributed by atoms with E-state index in [4.69, 9.17) is 10.7 Å². The Morgan fingerprint density at radius 1 is 1.17 bits per heavy atom. The molecular weight excluding hydrogens is 412 g/mol. The van der Waals surface area contributed by atoms with Gasteiger partial charge < -0.3 is 15.5 Å². The van der Waals surface area contributed by atoms with E-state index in [2.05, 4.69) is 36.4 Å². The lowest BCUT2D eigenvalue weighted by atomic mass is 10.1. The first-order valence-corrected chi connectivity index (χ1v) is 12.4. The summed E-state index contributed by atoms with van der Waals surface area (Å²) in [6, 6.07) is 4.10. The molecule has 2 N–H and O–H groups in total. The first-order chi connectivity index (χ1) is 14.5. The zero-order valence-corrected chi connectivity index (χ0v) is 19.5. The fraction of sp³-hybridized carbons (Fsp3) is 0.478. The van der Waals surface area contributed by atoms with Gasteiger partial charge in [0.05, 0.1) is 5.70 Å². The average Bonchev–Trinajstić information content (AvgIpc) is 3.30. The lowest BCUT2D eigenvalue weighted by molar-refractivity contribution is -0.127. The molecule has 1 aromatic heterocycles. The van der Waals surface area contributed by atoms with E-state index in [1.165, 1.54) is 42.3 Å². The second kappa shape index (κ2) is 9.54. The van der Waals surface area contributed by atoms with Crippen LogP contribution in [0.3, 0.4) is 0 Å². The lowest BCUT2D eigenvalue weighted by Gasteiger charge is -2.32. The number of nitrogens with two attached hydrogens (primary N) is 1. The van der Waals surface area contributed by atoms with Crippen LogP contribution in [-0.2, 0) is 4.79 Å². The highest BCUT2D eigenvalue weighted by Gasteiger charge is 2.33. The minimum atomic E-state index is 0.0412. The number of amides is 1. The van der Waals surface area contributed by atoms with Gasteiger partial charge in [-0.15, -0.1) is 11.3 Å². The lowest BCUT2D eigenvalue weighted by Crippen LogP contribution is -2.47. The van der Waals surface area contributed by atoms with Crippen molar-refractivity contribution in [3.63, 3.8) is 0 Å². The highest BCUT2D eigenvalue weighted by atomic mass is 32.2. The highest BCUT2D eigenvalue weighted by Crippen LogP contribution is 2.40. The number of hydrogen-bond donors (Lipinski definition) is 1. The van der Waals surface area contributed by atoms with Crippen LogP contribution in [0.1, 0.15) is 43.9 Å². The Morgan fingerprint density at radius 2 is 1.93 bits per heavy atom. The molecule has 1 saturated heterocycles. The summed E-state index contributed by atoms with van der Waals surface area (Å²) in [5.74, 6) is 0.0412. The summed E-state index contributed by atoms with van der Waals surface area (Å²) in [5, 5.41) is 2.93. The van der Waals surface area contributed by atoms with Crippen molar-refractivity contribution in [3.8, 4) is 0 Å². The maximum atomic E-state index is 13.3. The molecule has 2 aliphatic heterocycles. The molecule has 3 aliphatic rings. The van der Waals surface area contributed by atoms with Crippen molar-refractivity contribution >= 4 is 40.1 Å². The maximum Gasteiger partial charge on any atom is 0.262 e. The molecule has 0 aromatic carbocycles. The van der Waals surface area contributed by atoms with E-state index >= 15 is 0 Å². The van der Waals surface area contributed by atoms with Gasteiger partial charge in [0.2, 0.25) is 0 Å². The van der Waals surface area contributed by atoms with Gasteiger partial charge in [0, 0.05) is 42.3 Å². The molecule has 0 bridgehead atoms. The molecule has 30 heavy (non-hydrogen) atoms. The molecule has 0 saturated carbocycles. The van der Waals surface area contributed by atoms with Gasteiger partial charge in [0.25, 0.3) is 5.91 Å². The number of thiophene rings is 1. The van der Waals surface area contributed by atoms with Gasteiger partial charge in [-0.05, 0) is 57.2 Å². The number of nitrogens with zero attached hydrogens (tertiary/aromatic N) is 3. The Hall–Kier alpha value is -1.83. The number of aliphatic imine (C=N–C) groups is 1. The molecule has 1 aromatic rings. The van der Waals surface area contributed by atoms with Gasteiger partial charge in [-0.1, -0.05) is 29.8 Å². The van der Waals surface area contributed by atoms with Crippen LogP contribution in [0.4, 0.5) is 0 Å². The van der Waals surface area contributed by atoms with Crippen molar-refractivity contribution in [1.29, 1.82) is 0 Å². The second-order valence-corrected chi connectivity index (χ2v) is 10.2. The van der Waals surface area contributed by atoms with Crippen LogP contribution in [0.25, 0.3) is 6.08 Å². The molecule has 0 radical (unpaired) electrons. The van der Waals surface area contributed by atoms with Gasteiger partial charge in [-0.25, -0.2) is 4.99 Å². The third kappa shape index (κ3) is 4.74. The van der Waals surface area contributed by atoms with Gasteiger partial charge >= 0.3 is 0 Å². The predicted molar refractivity (Wildman–Crippen MR) is 128 cm³/mol. The van der Waals surface area contributed by atoms with E-state index in [-0.39, 0.29) is 5.91 Å². The number of carbonyl (C=O) groups is 1.